The van der Waals surface area contributed by atoms with E-state index in [2.05, 4.69) is 19.9 Å². The summed E-state index contributed by atoms with van der Waals surface area (Å²) in [5, 5.41) is 16.4. The van der Waals surface area contributed by atoms with Crippen LogP contribution < -0.4 is 4.72 Å². The molecule has 19 heavy (non-hydrogen) atoms. The molecule has 0 aromatic carbocycles. The van der Waals surface area contributed by atoms with Crippen LogP contribution in [0.15, 0.2) is 0 Å². The fraction of sp³-hybridized carbons (Fsp3) is 0.727. The fourth-order valence-corrected chi connectivity index (χ4v) is 2.63. The number of hydrogen-bond donors (Lipinski definition) is 2. The van der Waals surface area contributed by atoms with Crippen molar-refractivity contribution >= 4 is 16.0 Å². The normalized spacial score (nSPS) is 11.5. The highest BCUT2D eigenvalue weighted by atomic mass is 32.2. The van der Waals surface area contributed by atoms with Crippen LogP contribution in [0.2, 0.25) is 0 Å². The maximum absolute atomic E-state index is 11.7. The van der Waals surface area contributed by atoms with Gasteiger partial charge in [-0.05, 0) is 25.7 Å². The van der Waals surface area contributed by atoms with Gasteiger partial charge in [0.1, 0.15) is 0 Å². The molecule has 0 aliphatic rings. The number of rotatable bonds is 8. The molecule has 0 fully saturated rings. The Balaban J connectivity index is 2.76. The lowest BCUT2D eigenvalue weighted by Gasteiger charge is -2.08. The fourth-order valence-electron chi connectivity index (χ4n) is 1.58. The van der Waals surface area contributed by atoms with Crippen molar-refractivity contribution < 1.29 is 13.5 Å². The Hall–Kier alpha value is -1.28. The average Bonchev–Trinajstić information content (AvgIpc) is 2.38. The predicted octanol–water partition coefficient (Wildman–Crippen LogP) is 0.511. The molecule has 1 aromatic rings. The molecule has 1 rings (SSSR count). The van der Waals surface area contributed by atoms with E-state index in [0.717, 1.165) is 11.4 Å². The zero-order chi connectivity index (χ0) is 14.3. The third-order valence-corrected chi connectivity index (χ3v) is 3.90. The molecule has 0 bridgehead atoms. The van der Waals surface area contributed by atoms with Crippen molar-refractivity contribution in [3.05, 3.63) is 11.4 Å². The van der Waals surface area contributed by atoms with Crippen molar-refractivity contribution in [2.45, 2.75) is 39.5 Å². The average molecular weight is 288 g/mol. The van der Waals surface area contributed by atoms with Crippen LogP contribution in [-0.4, -0.2) is 41.1 Å². The summed E-state index contributed by atoms with van der Waals surface area (Å²) in [6.45, 7) is 3.87. The summed E-state index contributed by atoms with van der Waals surface area (Å²) in [4.78, 5) is 4.16. The Morgan fingerprint density at radius 3 is 2.37 bits per heavy atom. The smallest absolute Gasteiger partial charge is 0.256 e. The second-order valence-electron chi connectivity index (χ2n) is 4.09. The second-order valence-corrected chi connectivity index (χ2v) is 5.93. The Labute approximate surface area is 113 Å². The van der Waals surface area contributed by atoms with Gasteiger partial charge in [0.05, 0.1) is 17.1 Å². The molecule has 0 atom stereocenters. The summed E-state index contributed by atoms with van der Waals surface area (Å²) in [6.07, 6.45) is 2.24. The van der Waals surface area contributed by atoms with Crippen molar-refractivity contribution in [1.29, 1.82) is 0 Å². The van der Waals surface area contributed by atoms with Crippen molar-refractivity contribution in [3.63, 3.8) is 0 Å². The van der Waals surface area contributed by atoms with Crippen molar-refractivity contribution in [2.75, 3.05) is 17.1 Å². The van der Waals surface area contributed by atoms with Gasteiger partial charge in [-0.2, -0.15) is 0 Å². The lowest BCUT2D eigenvalue weighted by atomic mass is 10.2. The molecule has 108 valence electrons. The highest BCUT2D eigenvalue weighted by molar-refractivity contribution is 7.92. The maximum Gasteiger partial charge on any atom is 0.256 e. The Morgan fingerprint density at radius 1 is 1.11 bits per heavy atom. The van der Waals surface area contributed by atoms with E-state index in [-0.39, 0.29) is 18.3 Å². The molecule has 0 amide bonds. The summed E-state index contributed by atoms with van der Waals surface area (Å²) in [5.41, 5.74) is 1.54. The molecular weight excluding hydrogens is 268 g/mol. The first-order chi connectivity index (χ1) is 9.02. The Kier molecular flexibility index (Phi) is 6.10. The SMILES string of the molecule is CCc1nnc(NS(=O)(=O)CCCCO)nc1CC. The van der Waals surface area contributed by atoms with E-state index in [1.807, 2.05) is 13.8 Å². The summed E-state index contributed by atoms with van der Waals surface area (Å²) in [5.74, 6) is -0.0495. The number of aryl methyl sites for hydroxylation is 2. The van der Waals surface area contributed by atoms with E-state index in [1.165, 1.54) is 0 Å². The highest BCUT2D eigenvalue weighted by Gasteiger charge is 2.13. The Bertz CT molecular complexity index is 505. The molecular formula is C11H20N4O3S. The van der Waals surface area contributed by atoms with Gasteiger partial charge in [-0.3, -0.25) is 0 Å². The number of sulfonamides is 1. The molecule has 0 aliphatic carbocycles. The van der Waals surface area contributed by atoms with E-state index < -0.39 is 10.0 Å². The summed E-state index contributed by atoms with van der Waals surface area (Å²) >= 11 is 0. The van der Waals surface area contributed by atoms with Crippen molar-refractivity contribution in [1.82, 2.24) is 15.2 Å². The lowest BCUT2D eigenvalue weighted by Crippen LogP contribution is -2.20. The van der Waals surface area contributed by atoms with E-state index in [4.69, 9.17) is 5.11 Å². The third kappa shape index (κ3) is 5.07. The topological polar surface area (TPSA) is 105 Å². The maximum atomic E-state index is 11.7. The zero-order valence-electron chi connectivity index (χ0n) is 11.3. The van der Waals surface area contributed by atoms with Crippen LogP contribution in [0.5, 0.6) is 0 Å². The van der Waals surface area contributed by atoms with Crippen LogP contribution in [0.4, 0.5) is 5.95 Å². The second kappa shape index (κ2) is 7.34. The number of unbranched alkanes of at least 4 members (excludes halogenated alkanes) is 1. The number of aliphatic hydroxyl groups excluding tert-OH is 1. The lowest BCUT2D eigenvalue weighted by molar-refractivity contribution is 0.287. The number of nitrogens with zero attached hydrogens (tertiary/aromatic N) is 3. The van der Waals surface area contributed by atoms with Crippen molar-refractivity contribution in [3.8, 4) is 0 Å². The van der Waals surface area contributed by atoms with Gasteiger partial charge in [0, 0.05) is 6.61 Å². The molecule has 7 nitrogen and oxygen atoms in total. The van der Waals surface area contributed by atoms with Crippen molar-refractivity contribution in [2.24, 2.45) is 0 Å². The standard InChI is InChI=1S/C11H20N4O3S/c1-3-9-10(4-2)13-14-11(12-9)15-19(17,18)8-6-5-7-16/h16H,3-8H2,1-2H3,(H,12,14,15). The molecule has 0 unspecified atom stereocenters. The van der Waals surface area contributed by atoms with Crippen LogP contribution in [0, 0.1) is 0 Å². The van der Waals surface area contributed by atoms with E-state index >= 15 is 0 Å². The van der Waals surface area contributed by atoms with Gasteiger partial charge in [-0.1, -0.05) is 13.8 Å². The number of nitrogens with one attached hydrogen (secondary N) is 1. The third-order valence-electron chi connectivity index (χ3n) is 2.58. The molecule has 0 saturated heterocycles. The van der Waals surface area contributed by atoms with Crippen LogP contribution >= 0.6 is 0 Å². The largest absolute Gasteiger partial charge is 0.396 e. The van der Waals surface area contributed by atoms with E-state index in [1.54, 1.807) is 0 Å². The van der Waals surface area contributed by atoms with Gasteiger partial charge >= 0.3 is 0 Å². The molecule has 2 N–H and O–H groups in total. The first kappa shape index (κ1) is 15.8. The zero-order valence-corrected chi connectivity index (χ0v) is 12.1. The first-order valence-corrected chi connectivity index (χ1v) is 8.01. The molecule has 0 saturated carbocycles. The van der Waals surface area contributed by atoms with Crippen LogP contribution in [0.3, 0.4) is 0 Å². The van der Waals surface area contributed by atoms with Gasteiger partial charge in [-0.15, -0.1) is 10.2 Å². The van der Waals surface area contributed by atoms with E-state index in [9.17, 15) is 8.42 Å². The molecule has 0 spiro atoms. The summed E-state index contributed by atoms with van der Waals surface area (Å²) in [6, 6.07) is 0. The van der Waals surface area contributed by atoms with Crippen LogP contribution in [-0.2, 0) is 22.9 Å². The van der Waals surface area contributed by atoms with Gasteiger partial charge in [0.15, 0.2) is 0 Å². The molecule has 0 radical (unpaired) electrons. The number of aliphatic hydroxyl groups is 1. The minimum absolute atomic E-state index is 0.0121. The Morgan fingerprint density at radius 2 is 1.79 bits per heavy atom. The van der Waals surface area contributed by atoms with Crippen LogP contribution in [0.25, 0.3) is 0 Å². The van der Waals surface area contributed by atoms with Gasteiger partial charge in [0.25, 0.3) is 5.95 Å². The number of hydrogen-bond acceptors (Lipinski definition) is 6. The molecule has 0 aliphatic heterocycles. The highest BCUT2D eigenvalue weighted by Crippen LogP contribution is 2.08. The van der Waals surface area contributed by atoms with Gasteiger partial charge < -0.3 is 5.11 Å². The monoisotopic (exact) mass is 288 g/mol. The molecule has 1 aromatic heterocycles. The number of anilines is 1. The minimum atomic E-state index is -3.48. The minimum Gasteiger partial charge on any atom is -0.396 e. The predicted molar refractivity (Wildman–Crippen MR) is 72.3 cm³/mol. The van der Waals surface area contributed by atoms with Crippen LogP contribution in [0.1, 0.15) is 38.1 Å². The molecule has 8 heteroatoms. The number of aromatic nitrogens is 3. The van der Waals surface area contributed by atoms with Gasteiger partial charge in [0.2, 0.25) is 10.0 Å². The van der Waals surface area contributed by atoms with Gasteiger partial charge in [-0.25, -0.2) is 18.1 Å². The van der Waals surface area contributed by atoms with E-state index in [0.29, 0.717) is 25.7 Å². The molecule has 1 heterocycles. The first-order valence-electron chi connectivity index (χ1n) is 6.36. The quantitative estimate of drug-likeness (QED) is 0.675. The summed E-state index contributed by atoms with van der Waals surface area (Å²) < 4.78 is 25.8. The summed E-state index contributed by atoms with van der Waals surface area (Å²) in [7, 11) is -3.48.